The van der Waals surface area contributed by atoms with Crippen LogP contribution in [0.2, 0.25) is 0 Å². The molecule has 0 saturated heterocycles. The van der Waals surface area contributed by atoms with Crippen LogP contribution in [0.4, 0.5) is 5.69 Å². The Morgan fingerprint density at radius 3 is 2.29 bits per heavy atom. The zero-order valence-electron chi connectivity index (χ0n) is 18.6. The predicted molar refractivity (Wildman–Crippen MR) is 126 cm³/mol. The van der Waals surface area contributed by atoms with Crippen molar-refractivity contribution in [1.82, 2.24) is 0 Å². The van der Waals surface area contributed by atoms with Crippen molar-refractivity contribution in [2.24, 2.45) is 11.7 Å². The lowest BCUT2D eigenvalue weighted by atomic mass is 9.79. The molecular weight excluding hydrogens is 430 g/mol. The van der Waals surface area contributed by atoms with Crippen LogP contribution < -0.4 is 16.3 Å². The molecular formula is C26H21N5O3. The lowest BCUT2D eigenvalue weighted by molar-refractivity contribution is 0.0966. The maximum Gasteiger partial charge on any atom is 0.347 e. The van der Waals surface area contributed by atoms with Crippen LogP contribution in [-0.4, -0.2) is 19.9 Å². The van der Waals surface area contributed by atoms with E-state index in [2.05, 4.69) is 0 Å². The van der Waals surface area contributed by atoms with Crippen molar-refractivity contribution in [2.45, 2.75) is 12.3 Å². The highest BCUT2D eigenvalue weighted by Crippen LogP contribution is 2.34. The summed E-state index contributed by atoms with van der Waals surface area (Å²) >= 11 is 0. The molecule has 3 aromatic rings. The monoisotopic (exact) mass is 451 g/mol. The highest BCUT2D eigenvalue weighted by Gasteiger charge is 2.31. The molecule has 1 heterocycles. The molecule has 3 rings (SSSR count). The molecule has 8 heteroatoms. The van der Waals surface area contributed by atoms with Crippen molar-refractivity contribution in [3.63, 3.8) is 0 Å². The van der Waals surface area contributed by atoms with Crippen molar-refractivity contribution in [3.8, 4) is 18.2 Å². The van der Waals surface area contributed by atoms with Gasteiger partial charge in [0.15, 0.2) is 5.78 Å². The predicted octanol–water partition coefficient (Wildman–Crippen LogP) is 3.62. The number of para-hydroxylation sites is 1. The molecule has 2 N–H and O–H groups in total. The molecule has 0 amide bonds. The lowest BCUT2D eigenvalue weighted by Crippen LogP contribution is -2.24. The van der Waals surface area contributed by atoms with Crippen LogP contribution in [0.15, 0.2) is 75.1 Å². The van der Waals surface area contributed by atoms with E-state index >= 15 is 0 Å². The van der Waals surface area contributed by atoms with Gasteiger partial charge in [-0.05, 0) is 29.8 Å². The number of benzene rings is 2. The molecule has 2 aromatic carbocycles. The molecule has 0 fully saturated rings. The number of allylic oxidation sites excluding steroid dienone is 2. The molecule has 0 bridgehead atoms. The summed E-state index contributed by atoms with van der Waals surface area (Å²) in [6.07, 6.45) is -0.256. The van der Waals surface area contributed by atoms with Gasteiger partial charge in [0.25, 0.3) is 0 Å². The smallest absolute Gasteiger partial charge is 0.347 e. The lowest BCUT2D eigenvalue weighted by Gasteiger charge is -2.23. The molecule has 34 heavy (non-hydrogen) atoms. The van der Waals surface area contributed by atoms with Crippen molar-refractivity contribution in [3.05, 3.63) is 87.4 Å². The molecule has 0 aliphatic heterocycles. The summed E-state index contributed by atoms with van der Waals surface area (Å²) in [7, 11) is 3.75. The van der Waals surface area contributed by atoms with Crippen LogP contribution in [0.25, 0.3) is 11.0 Å². The van der Waals surface area contributed by atoms with Crippen LogP contribution in [0.5, 0.6) is 0 Å². The first-order valence-electron chi connectivity index (χ1n) is 10.3. The molecule has 2 unspecified atom stereocenters. The van der Waals surface area contributed by atoms with E-state index in [1.807, 2.05) is 37.2 Å². The molecule has 168 valence electrons. The number of Topliss-reactive ketones (excluding diaryl/α,β-unsaturated/α-hetero) is 1. The van der Waals surface area contributed by atoms with Gasteiger partial charge in [0.05, 0.1) is 17.7 Å². The van der Waals surface area contributed by atoms with Gasteiger partial charge < -0.3 is 15.1 Å². The number of fused-ring (bicyclic) bond motifs is 1. The zero-order valence-corrected chi connectivity index (χ0v) is 18.6. The Bertz CT molecular complexity index is 1430. The molecule has 0 aliphatic carbocycles. The van der Waals surface area contributed by atoms with E-state index in [1.165, 1.54) is 6.07 Å². The summed E-state index contributed by atoms with van der Waals surface area (Å²) in [5.41, 5.74) is 6.37. The number of ketones is 1. The molecule has 0 radical (unpaired) electrons. The van der Waals surface area contributed by atoms with Gasteiger partial charge in [-0.15, -0.1) is 0 Å². The van der Waals surface area contributed by atoms with E-state index in [0.717, 1.165) is 5.69 Å². The van der Waals surface area contributed by atoms with E-state index in [9.17, 15) is 25.4 Å². The number of nitrogens with zero attached hydrogens (tertiary/aromatic N) is 4. The molecule has 1 aromatic heterocycles. The summed E-state index contributed by atoms with van der Waals surface area (Å²) in [6, 6.07) is 20.9. The van der Waals surface area contributed by atoms with Crippen LogP contribution in [0, 0.1) is 39.9 Å². The number of rotatable bonds is 7. The van der Waals surface area contributed by atoms with Crippen molar-refractivity contribution < 1.29 is 9.21 Å². The second-order valence-corrected chi connectivity index (χ2v) is 7.87. The quantitative estimate of drug-likeness (QED) is 0.325. The van der Waals surface area contributed by atoms with Crippen LogP contribution in [0.3, 0.4) is 0 Å². The van der Waals surface area contributed by atoms with Crippen LogP contribution >= 0.6 is 0 Å². The van der Waals surface area contributed by atoms with Gasteiger partial charge in [-0.25, -0.2) is 4.79 Å². The topological polar surface area (TPSA) is 148 Å². The minimum Gasteiger partial charge on any atom is -0.422 e. The van der Waals surface area contributed by atoms with Gasteiger partial charge in [0.1, 0.15) is 28.9 Å². The summed E-state index contributed by atoms with van der Waals surface area (Å²) in [4.78, 5) is 27.7. The average Bonchev–Trinajstić information content (AvgIpc) is 2.84. The number of anilines is 1. The first kappa shape index (κ1) is 23.8. The Hall–Kier alpha value is -4.87. The Labute approximate surface area is 196 Å². The Morgan fingerprint density at radius 1 is 1.06 bits per heavy atom. The van der Waals surface area contributed by atoms with E-state index in [-0.39, 0.29) is 23.3 Å². The van der Waals surface area contributed by atoms with Crippen molar-refractivity contribution in [1.29, 1.82) is 15.8 Å². The standard InChI is InChI=1S/C26H21N5O3/c1-31(2)19-9-7-16(8-10-19)20(22(15-29)25(30)18(13-27)14-28)12-23(32)21-11-17-5-3-4-6-24(17)34-26(21)33/h3-11,20,22H,12,30H2,1-2H3. The third kappa shape index (κ3) is 4.80. The number of hydrogen-bond acceptors (Lipinski definition) is 8. The second-order valence-electron chi connectivity index (χ2n) is 7.87. The highest BCUT2D eigenvalue weighted by atomic mass is 16.4. The second kappa shape index (κ2) is 10.2. The molecule has 0 spiro atoms. The Kier molecular flexibility index (Phi) is 7.11. The van der Waals surface area contributed by atoms with E-state index < -0.39 is 23.2 Å². The first-order chi connectivity index (χ1) is 16.3. The summed E-state index contributed by atoms with van der Waals surface area (Å²) in [6.45, 7) is 0. The van der Waals surface area contributed by atoms with E-state index in [0.29, 0.717) is 16.5 Å². The fourth-order valence-corrected chi connectivity index (χ4v) is 3.70. The van der Waals surface area contributed by atoms with Gasteiger partial charge in [-0.1, -0.05) is 30.3 Å². The molecule has 8 nitrogen and oxygen atoms in total. The average molecular weight is 451 g/mol. The fraction of sp³-hybridized carbons (Fsp3) is 0.192. The van der Waals surface area contributed by atoms with Gasteiger partial charge in [-0.2, -0.15) is 15.8 Å². The van der Waals surface area contributed by atoms with Gasteiger partial charge in [0.2, 0.25) is 0 Å². The van der Waals surface area contributed by atoms with Crippen LogP contribution in [-0.2, 0) is 0 Å². The fourth-order valence-electron chi connectivity index (χ4n) is 3.70. The first-order valence-corrected chi connectivity index (χ1v) is 10.3. The Balaban J connectivity index is 2.09. The van der Waals surface area contributed by atoms with Crippen LogP contribution in [0.1, 0.15) is 28.3 Å². The van der Waals surface area contributed by atoms with E-state index in [1.54, 1.807) is 48.5 Å². The zero-order chi connectivity index (χ0) is 24.8. The maximum atomic E-state index is 13.3. The maximum absolute atomic E-state index is 13.3. The van der Waals surface area contributed by atoms with Crippen molar-refractivity contribution in [2.75, 3.05) is 19.0 Å². The largest absolute Gasteiger partial charge is 0.422 e. The normalized spacial score (nSPS) is 12.0. The number of hydrogen-bond donors (Lipinski definition) is 1. The highest BCUT2D eigenvalue weighted by molar-refractivity contribution is 5.98. The SMILES string of the molecule is CN(C)c1ccc(C(CC(=O)c2cc3ccccc3oc2=O)C(C#N)C(N)=C(C#N)C#N)cc1. The third-order valence-electron chi connectivity index (χ3n) is 5.57. The van der Waals surface area contributed by atoms with Gasteiger partial charge in [0, 0.05) is 37.5 Å². The number of nitriles is 3. The minimum absolute atomic E-state index is 0.145. The minimum atomic E-state index is -1.14. The number of nitrogens with two attached hydrogens (primary N) is 1. The molecule has 0 aliphatic rings. The van der Waals surface area contributed by atoms with Gasteiger partial charge >= 0.3 is 5.63 Å². The third-order valence-corrected chi connectivity index (χ3v) is 5.57. The summed E-state index contributed by atoms with van der Waals surface area (Å²) < 4.78 is 5.28. The Morgan fingerprint density at radius 2 is 1.71 bits per heavy atom. The molecule has 2 atom stereocenters. The number of carbonyl (C=O) groups excluding carboxylic acids is 1. The summed E-state index contributed by atoms with van der Waals surface area (Å²) in [5, 5.41) is 29.0. The molecule has 0 saturated carbocycles. The summed E-state index contributed by atoms with van der Waals surface area (Å²) in [5.74, 6) is -2.49. The van der Waals surface area contributed by atoms with E-state index in [4.69, 9.17) is 10.2 Å². The van der Waals surface area contributed by atoms with Crippen molar-refractivity contribution >= 4 is 22.4 Å². The van der Waals surface area contributed by atoms with Gasteiger partial charge in [-0.3, -0.25) is 4.79 Å². The number of carbonyl (C=O) groups is 1.